The van der Waals surface area contributed by atoms with Crippen LogP contribution in [-0.4, -0.2) is 0 Å². The normalized spacial score (nSPS) is 16.7. The van der Waals surface area contributed by atoms with Crippen LogP contribution in [-0.2, 0) is 22.9 Å². The Hall–Kier alpha value is 0.410. The minimum Gasteiger partial charge on any atom is -1.00 e. The summed E-state index contributed by atoms with van der Waals surface area (Å²) in [5.41, 5.74) is 6.86. The van der Waals surface area contributed by atoms with Crippen molar-refractivity contribution in [2.75, 3.05) is 0 Å². The average Bonchev–Trinajstić information content (AvgIpc) is 2.99. The molecule has 0 saturated carbocycles. The van der Waals surface area contributed by atoms with Crippen molar-refractivity contribution in [2.45, 2.75) is 79.1 Å². The van der Waals surface area contributed by atoms with Gasteiger partial charge in [0.25, 0.3) is 0 Å². The second-order valence-electron chi connectivity index (χ2n) is 6.49. The molecule has 0 N–H and O–H groups in total. The summed E-state index contributed by atoms with van der Waals surface area (Å²) in [6, 6.07) is 0. The number of unbranched alkanes of at least 4 members (excludes halogenated alkanes) is 2. The molecule has 0 amide bonds. The summed E-state index contributed by atoms with van der Waals surface area (Å²) in [5, 5.41) is 0. The first-order chi connectivity index (χ1) is 10.2. The summed E-state index contributed by atoms with van der Waals surface area (Å²) in [7, 11) is 0. The Morgan fingerprint density at radius 1 is 0.783 bits per heavy atom. The number of allylic oxidation sites excluding steroid dienone is 8. The third-order valence-corrected chi connectivity index (χ3v) is 10.3. The van der Waals surface area contributed by atoms with Crippen molar-refractivity contribution >= 4 is 0 Å². The maximum Gasteiger partial charge on any atom is -1.00 e. The second kappa shape index (κ2) is 11.9. The van der Waals surface area contributed by atoms with Crippen molar-refractivity contribution in [1.82, 2.24) is 0 Å². The zero-order valence-corrected chi connectivity index (χ0v) is 20.2. The van der Waals surface area contributed by atoms with E-state index < -0.39 is 22.9 Å². The van der Waals surface area contributed by atoms with Crippen LogP contribution in [0.25, 0.3) is 0 Å². The molecule has 128 valence electrons. The first-order valence-electron chi connectivity index (χ1n) is 8.72. The third-order valence-electron chi connectivity index (χ3n) is 4.74. The van der Waals surface area contributed by atoms with Crippen molar-refractivity contribution in [2.24, 2.45) is 0 Å². The molecule has 23 heavy (non-hydrogen) atoms. The summed E-state index contributed by atoms with van der Waals surface area (Å²) < 4.78 is 3.66. The first-order valence-corrected chi connectivity index (χ1v) is 12.3. The Morgan fingerprint density at radius 3 is 1.52 bits per heavy atom. The molecule has 0 radical (unpaired) electrons. The molecule has 2 aliphatic rings. The van der Waals surface area contributed by atoms with Crippen LogP contribution in [0, 0.1) is 0 Å². The summed E-state index contributed by atoms with van der Waals surface area (Å²) in [6.45, 7) is 9.34. The Kier molecular flexibility index (Phi) is 12.1. The van der Waals surface area contributed by atoms with Gasteiger partial charge in [0.2, 0.25) is 0 Å². The first kappa shape index (κ1) is 23.4. The van der Waals surface area contributed by atoms with Crippen LogP contribution in [0.5, 0.6) is 0 Å². The molecule has 3 heteroatoms. The molecule has 0 aliphatic heterocycles. The number of halogens is 2. The van der Waals surface area contributed by atoms with Gasteiger partial charge in [0.15, 0.2) is 0 Å². The second-order valence-corrected chi connectivity index (χ2v) is 11.3. The SMILES string of the molecule is CCCCC1=C(C)CC=[C]1[Hf+2][C]1=CCC(C)=C1CCCC.[Cl-].[Cl-]. The molecule has 0 aromatic rings. The zero-order valence-electron chi connectivity index (χ0n) is 15.1. The van der Waals surface area contributed by atoms with Gasteiger partial charge in [-0.1, -0.05) is 0 Å². The van der Waals surface area contributed by atoms with E-state index in [0.29, 0.717) is 0 Å². The molecule has 0 unspecified atom stereocenters. The topological polar surface area (TPSA) is 0 Å². The minimum absolute atomic E-state index is 0. The minimum atomic E-state index is -0.816. The standard InChI is InChI=1S/2C10H15.2ClH.Hf/c2*1-3-4-7-10-8-5-6-9(10)2;;;/h2*5H,3-4,6-7H2,1-2H3;2*1H;/q;;;;+2/p-2. The van der Waals surface area contributed by atoms with Gasteiger partial charge >= 0.3 is 143 Å². The van der Waals surface area contributed by atoms with Gasteiger partial charge in [-0.15, -0.1) is 0 Å². The number of rotatable bonds is 8. The largest absolute Gasteiger partial charge is 1.00 e. The quantitative estimate of drug-likeness (QED) is 0.414. The van der Waals surface area contributed by atoms with Gasteiger partial charge in [0, 0.05) is 0 Å². The summed E-state index contributed by atoms with van der Waals surface area (Å²) in [4.78, 5) is 0. The predicted octanol–water partition coefficient (Wildman–Crippen LogP) is 0.666. The van der Waals surface area contributed by atoms with E-state index in [1.165, 1.54) is 51.4 Å². The molecule has 0 fully saturated rings. The van der Waals surface area contributed by atoms with E-state index in [4.69, 9.17) is 0 Å². The van der Waals surface area contributed by atoms with Gasteiger partial charge in [-0.25, -0.2) is 0 Å². The van der Waals surface area contributed by atoms with Crippen LogP contribution in [0.3, 0.4) is 0 Å². The zero-order chi connectivity index (χ0) is 15.2. The van der Waals surface area contributed by atoms with Crippen molar-refractivity contribution in [3.63, 3.8) is 0 Å². The average molecular weight is 520 g/mol. The molecular weight excluding hydrogens is 490 g/mol. The maximum atomic E-state index is 2.58. The molecule has 0 heterocycles. The summed E-state index contributed by atoms with van der Waals surface area (Å²) in [6.07, 6.45) is 15.7. The fourth-order valence-corrected chi connectivity index (χ4v) is 9.29. The van der Waals surface area contributed by atoms with Crippen LogP contribution < -0.4 is 24.8 Å². The molecule has 0 atom stereocenters. The Labute approximate surface area is 167 Å². The molecule has 0 bridgehead atoms. The monoisotopic (exact) mass is 520 g/mol. The van der Waals surface area contributed by atoms with E-state index in [2.05, 4.69) is 39.8 Å². The van der Waals surface area contributed by atoms with Gasteiger partial charge in [0.05, 0.1) is 0 Å². The molecule has 0 aromatic heterocycles. The van der Waals surface area contributed by atoms with Gasteiger partial charge in [-0.2, -0.15) is 0 Å². The predicted molar refractivity (Wildman–Crippen MR) is 89.9 cm³/mol. The van der Waals surface area contributed by atoms with Gasteiger partial charge in [0.1, 0.15) is 0 Å². The van der Waals surface area contributed by atoms with E-state index in [0.717, 1.165) is 0 Å². The fourth-order valence-electron chi connectivity index (χ4n) is 3.26. The Bertz CT molecular complexity index is 464. The number of hydrogen-bond donors (Lipinski definition) is 0. The van der Waals surface area contributed by atoms with Crippen LogP contribution in [0.15, 0.2) is 41.1 Å². The van der Waals surface area contributed by atoms with Crippen molar-refractivity contribution in [3.8, 4) is 0 Å². The van der Waals surface area contributed by atoms with E-state index in [1.54, 1.807) is 22.3 Å². The van der Waals surface area contributed by atoms with Crippen molar-refractivity contribution in [3.05, 3.63) is 41.1 Å². The fraction of sp³-hybridized carbons (Fsp3) is 0.600. The van der Waals surface area contributed by atoms with Crippen molar-refractivity contribution in [1.29, 1.82) is 0 Å². The van der Waals surface area contributed by atoms with E-state index in [9.17, 15) is 0 Å². The number of hydrogen-bond acceptors (Lipinski definition) is 0. The molecule has 0 saturated heterocycles. The van der Waals surface area contributed by atoms with E-state index in [1.807, 2.05) is 6.66 Å². The maximum absolute atomic E-state index is 2.58. The Morgan fingerprint density at radius 2 is 1.17 bits per heavy atom. The van der Waals surface area contributed by atoms with E-state index >= 15 is 0 Å². The van der Waals surface area contributed by atoms with Crippen molar-refractivity contribution < 1.29 is 47.7 Å². The Balaban J connectivity index is 0.00000242. The van der Waals surface area contributed by atoms with Gasteiger partial charge in [-0.05, 0) is 0 Å². The van der Waals surface area contributed by atoms with Crippen LogP contribution in [0.2, 0.25) is 0 Å². The van der Waals surface area contributed by atoms with Gasteiger partial charge < -0.3 is 24.8 Å². The summed E-state index contributed by atoms with van der Waals surface area (Å²) >= 11 is -0.816. The molecular formula is C20H30Cl2Hf. The molecule has 2 aliphatic carbocycles. The molecule has 2 rings (SSSR count). The molecule has 0 spiro atoms. The molecule has 0 aromatic carbocycles. The van der Waals surface area contributed by atoms with Crippen LogP contribution in [0.4, 0.5) is 0 Å². The van der Waals surface area contributed by atoms with E-state index in [-0.39, 0.29) is 24.8 Å². The third kappa shape index (κ3) is 6.33. The molecule has 0 nitrogen and oxygen atoms in total. The summed E-state index contributed by atoms with van der Waals surface area (Å²) in [5.74, 6) is 0. The van der Waals surface area contributed by atoms with Crippen LogP contribution >= 0.6 is 0 Å². The van der Waals surface area contributed by atoms with Gasteiger partial charge in [-0.3, -0.25) is 0 Å². The smallest absolute Gasteiger partial charge is 1.00 e. The van der Waals surface area contributed by atoms with Crippen LogP contribution in [0.1, 0.15) is 79.1 Å².